The zero-order chi connectivity index (χ0) is 12.3. The molecular formula is C12H10BrFN2O. The van der Waals surface area contributed by atoms with Gasteiger partial charge in [-0.15, -0.1) is 0 Å². The van der Waals surface area contributed by atoms with E-state index in [0.29, 0.717) is 16.8 Å². The molecule has 0 aliphatic carbocycles. The zero-order valence-electron chi connectivity index (χ0n) is 8.86. The van der Waals surface area contributed by atoms with Crippen LogP contribution in [0.2, 0.25) is 0 Å². The monoisotopic (exact) mass is 296 g/mol. The number of ether oxygens (including phenoxy) is 1. The minimum absolute atomic E-state index is 0.162. The Morgan fingerprint density at radius 3 is 2.71 bits per heavy atom. The van der Waals surface area contributed by atoms with E-state index in [-0.39, 0.29) is 5.75 Å². The van der Waals surface area contributed by atoms with Crippen LogP contribution in [-0.2, 0) is 6.54 Å². The quantitative estimate of drug-likeness (QED) is 0.946. The Labute approximate surface area is 107 Å². The molecule has 1 aromatic heterocycles. The van der Waals surface area contributed by atoms with E-state index in [1.54, 1.807) is 24.3 Å². The van der Waals surface area contributed by atoms with Crippen molar-refractivity contribution in [1.82, 2.24) is 4.98 Å². The van der Waals surface area contributed by atoms with Gasteiger partial charge in [-0.05, 0) is 30.3 Å². The van der Waals surface area contributed by atoms with Crippen molar-refractivity contribution in [2.24, 2.45) is 5.73 Å². The van der Waals surface area contributed by atoms with E-state index in [1.165, 1.54) is 12.3 Å². The van der Waals surface area contributed by atoms with Gasteiger partial charge in [0.1, 0.15) is 5.75 Å². The molecule has 0 atom stereocenters. The van der Waals surface area contributed by atoms with Crippen molar-refractivity contribution in [1.29, 1.82) is 0 Å². The molecule has 17 heavy (non-hydrogen) atoms. The molecule has 0 saturated heterocycles. The molecular weight excluding hydrogens is 287 g/mol. The third-order valence-electron chi connectivity index (χ3n) is 2.13. The Bertz CT molecular complexity index is 516. The van der Waals surface area contributed by atoms with Crippen molar-refractivity contribution in [2.75, 3.05) is 0 Å². The maximum atomic E-state index is 13.5. The number of hydrogen-bond donors (Lipinski definition) is 1. The highest BCUT2D eigenvalue weighted by molar-refractivity contribution is 9.10. The van der Waals surface area contributed by atoms with Crippen LogP contribution in [0.25, 0.3) is 0 Å². The maximum Gasteiger partial charge on any atom is 0.166 e. The Hall–Kier alpha value is -1.46. The van der Waals surface area contributed by atoms with Gasteiger partial charge >= 0.3 is 0 Å². The molecule has 1 aromatic carbocycles. The first-order chi connectivity index (χ1) is 8.19. The second-order valence-electron chi connectivity index (χ2n) is 3.37. The first-order valence-electron chi connectivity index (χ1n) is 4.97. The Kier molecular flexibility index (Phi) is 3.71. The third-order valence-corrected chi connectivity index (χ3v) is 2.62. The second kappa shape index (κ2) is 5.25. The summed E-state index contributed by atoms with van der Waals surface area (Å²) in [6.07, 6.45) is 1.52. The molecule has 0 bridgehead atoms. The van der Waals surface area contributed by atoms with Crippen LogP contribution in [-0.4, -0.2) is 4.98 Å². The van der Waals surface area contributed by atoms with Gasteiger partial charge in [0.05, 0.1) is 11.9 Å². The molecule has 0 amide bonds. The van der Waals surface area contributed by atoms with E-state index in [1.807, 2.05) is 0 Å². The van der Waals surface area contributed by atoms with Crippen LogP contribution in [0.1, 0.15) is 5.69 Å². The molecule has 0 aliphatic heterocycles. The van der Waals surface area contributed by atoms with Crippen LogP contribution in [0.4, 0.5) is 4.39 Å². The summed E-state index contributed by atoms with van der Waals surface area (Å²) in [5, 5.41) is 0. The van der Waals surface area contributed by atoms with Gasteiger partial charge in [0.2, 0.25) is 0 Å². The summed E-state index contributed by atoms with van der Waals surface area (Å²) in [6, 6.07) is 8.05. The van der Waals surface area contributed by atoms with Gasteiger partial charge < -0.3 is 10.5 Å². The largest absolute Gasteiger partial charge is 0.453 e. The average molecular weight is 297 g/mol. The van der Waals surface area contributed by atoms with Gasteiger partial charge in [-0.2, -0.15) is 0 Å². The summed E-state index contributed by atoms with van der Waals surface area (Å²) in [5.74, 6) is 0.209. The van der Waals surface area contributed by atoms with Crippen LogP contribution >= 0.6 is 15.9 Å². The molecule has 0 saturated carbocycles. The average Bonchev–Trinajstić information content (AvgIpc) is 2.34. The number of aromatic nitrogens is 1. The molecule has 0 aliphatic rings. The minimum Gasteiger partial charge on any atom is -0.453 e. The van der Waals surface area contributed by atoms with E-state index in [2.05, 4.69) is 20.9 Å². The third kappa shape index (κ3) is 3.01. The summed E-state index contributed by atoms with van der Waals surface area (Å²) in [5.41, 5.74) is 6.18. The van der Waals surface area contributed by atoms with Crippen molar-refractivity contribution in [2.45, 2.75) is 6.54 Å². The minimum atomic E-state index is -0.428. The van der Waals surface area contributed by atoms with Crippen LogP contribution < -0.4 is 10.5 Å². The summed E-state index contributed by atoms with van der Waals surface area (Å²) >= 11 is 3.18. The normalized spacial score (nSPS) is 10.3. The summed E-state index contributed by atoms with van der Waals surface area (Å²) in [6.45, 7) is 0.368. The van der Waals surface area contributed by atoms with Gasteiger partial charge in [-0.25, -0.2) is 4.39 Å². The molecule has 0 fully saturated rings. The Morgan fingerprint density at radius 1 is 1.29 bits per heavy atom. The van der Waals surface area contributed by atoms with Crippen molar-refractivity contribution in [3.8, 4) is 11.5 Å². The van der Waals surface area contributed by atoms with Crippen molar-refractivity contribution >= 4 is 15.9 Å². The van der Waals surface area contributed by atoms with Gasteiger partial charge in [-0.1, -0.05) is 15.9 Å². The highest BCUT2D eigenvalue weighted by Gasteiger charge is 2.05. The van der Waals surface area contributed by atoms with Gasteiger partial charge in [0, 0.05) is 11.0 Å². The number of rotatable bonds is 3. The smallest absolute Gasteiger partial charge is 0.166 e. The predicted octanol–water partition coefficient (Wildman–Crippen LogP) is 3.23. The molecule has 1 heterocycles. The van der Waals surface area contributed by atoms with E-state index >= 15 is 0 Å². The first-order valence-corrected chi connectivity index (χ1v) is 5.76. The topological polar surface area (TPSA) is 48.1 Å². The van der Waals surface area contributed by atoms with Crippen molar-refractivity contribution in [3.63, 3.8) is 0 Å². The molecule has 2 N–H and O–H groups in total. The maximum absolute atomic E-state index is 13.5. The van der Waals surface area contributed by atoms with Crippen LogP contribution in [0.15, 0.2) is 41.0 Å². The van der Waals surface area contributed by atoms with Crippen molar-refractivity contribution in [3.05, 3.63) is 52.5 Å². The molecule has 5 heteroatoms. The number of hydrogen-bond acceptors (Lipinski definition) is 3. The zero-order valence-corrected chi connectivity index (χ0v) is 10.4. The number of halogens is 2. The van der Waals surface area contributed by atoms with Crippen molar-refractivity contribution < 1.29 is 9.13 Å². The van der Waals surface area contributed by atoms with E-state index in [9.17, 15) is 4.39 Å². The highest BCUT2D eigenvalue weighted by Crippen LogP contribution is 2.26. The lowest BCUT2D eigenvalue weighted by Gasteiger charge is -2.06. The fourth-order valence-electron chi connectivity index (χ4n) is 1.28. The molecule has 2 rings (SSSR count). The van der Waals surface area contributed by atoms with Crippen LogP contribution in [0.5, 0.6) is 11.5 Å². The fraction of sp³-hybridized carbons (Fsp3) is 0.0833. The van der Waals surface area contributed by atoms with E-state index in [4.69, 9.17) is 10.5 Å². The molecule has 3 nitrogen and oxygen atoms in total. The van der Waals surface area contributed by atoms with Gasteiger partial charge in [0.15, 0.2) is 11.6 Å². The lowest BCUT2D eigenvalue weighted by Crippen LogP contribution is -1.99. The van der Waals surface area contributed by atoms with Crippen LogP contribution in [0.3, 0.4) is 0 Å². The fourth-order valence-corrected chi connectivity index (χ4v) is 1.61. The summed E-state index contributed by atoms with van der Waals surface area (Å²) in [4.78, 5) is 4.06. The van der Waals surface area contributed by atoms with Crippen LogP contribution in [0, 0.1) is 5.82 Å². The Balaban J connectivity index is 2.19. The lowest BCUT2D eigenvalue weighted by atomic mass is 10.3. The lowest BCUT2D eigenvalue weighted by molar-refractivity contribution is 0.440. The Morgan fingerprint density at radius 2 is 2.12 bits per heavy atom. The first kappa shape index (κ1) is 12.0. The number of pyridine rings is 1. The standard InChI is InChI=1S/C12H10BrFN2O/c13-8-1-4-12(11(14)5-8)17-10-3-2-9(6-15)16-7-10/h1-5,7H,6,15H2. The second-order valence-corrected chi connectivity index (χ2v) is 4.28. The molecule has 2 aromatic rings. The van der Waals surface area contributed by atoms with E-state index < -0.39 is 5.82 Å². The predicted molar refractivity (Wildman–Crippen MR) is 66.3 cm³/mol. The summed E-state index contributed by atoms with van der Waals surface area (Å²) < 4.78 is 19.5. The SMILES string of the molecule is NCc1ccc(Oc2ccc(Br)cc2F)cn1. The molecule has 0 unspecified atom stereocenters. The summed E-state index contributed by atoms with van der Waals surface area (Å²) in [7, 11) is 0. The van der Waals surface area contributed by atoms with Gasteiger partial charge in [-0.3, -0.25) is 4.98 Å². The number of nitrogens with two attached hydrogens (primary N) is 1. The number of nitrogens with zero attached hydrogens (tertiary/aromatic N) is 1. The number of benzene rings is 1. The van der Waals surface area contributed by atoms with Gasteiger partial charge in [0.25, 0.3) is 0 Å². The molecule has 0 radical (unpaired) electrons. The molecule has 88 valence electrons. The highest BCUT2D eigenvalue weighted by atomic mass is 79.9. The van der Waals surface area contributed by atoms with E-state index in [0.717, 1.165) is 5.69 Å². The molecule has 0 spiro atoms.